The lowest BCUT2D eigenvalue weighted by Crippen LogP contribution is -2.21. The second kappa shape index (κ2) is 6.21. The van der Waals surface area contributed by atoms with Gasteiger partial charge in [-0.15, -0.1) is 0 Å². The standard InChI is InChI=1S/C20H12Br2N2O/c21-13-6-7-14-12(8-13)9-16(22)19-18(14)17(11-4-2-1-3-5-11)15(10-23)20(24)25-19/h1-9,17H,24H2/t17-/m1/s1. The molecule has 0 saturated carbocycles. The van der Waals surface area contributed by atoms with E-state index in [1.807, 2.05) is 48.5 Å². The van der Waals surface area contributed by atoms with Crippen LogP contribution >= 0.6 is 31.9 Å². The Morgan fingerprint density at radius 2 is 1.80 bits per heavy atom. The van der Waals surface area contributed by atoms with Crippen LogP contribution < -0.4 is 10.5 Å². The average molecular weight is 456 g/mol. The molecule has 3 aromatic carbocycles. The normalized spacial score (nSPS) is 16.3. The van der Waals surface area contributed by atoms with Gasteiger partial charge in [-0.1, -0.05) is 52.3 Å². The van der Waals surface area contributed by atoms with Gasteiger partial charge in [0.1, 0.15) is 17.4 Å². The molecule has 1 aliphatic rings. The van der Waals surface area contributed by atoms with Gasteiger partial charge in [-0.2, -0.15) is 5.26 Å². The number of nitriles is 1. The summed E-state index contributed by atoms with van der Waals surface area (Å²) in [5.74, 6) is 0.553. The summed E-state index contributed by atoms with van der Waals surface area (Å²) in [7, 11) is 0. The average Bonchev–Trinajstić information content (AvgIpc) is 2.61. The second-order valence-electron chi connectivity index (χ2n) is 5.80. The first-order chi connectivity index (χ1) is 12.1. The third kappa shape index (κ3) is 2.62. The molecule has 3 nitrogen and oxygen atoms in total. The minimum atomic E-state index is -0.267. The first kappa shape index (κ1) is 16.2. The number of hydrogen-bond donors (Lipinski definition) is 1. The Morgan fingerprint density at radius 1 is 1.04 bits per heavy atom. The van der Waals surface area contributed by atoms with Crippen molar-refractivity contribution in [1.82, 2.24) is 0 Å². The summed E-state index contributed by atoms with van der Waals surface area (Å²) in [6, 6.07) is 20.2. The number of allylic oxidation sites excluding steroid dienone is 1. The van der Waals surface area contributed by atoms with Crippen LogP contribution in [0.5, 0.6) is 5.75 Å². The minimum absolute atomic E-state index is 0.154. The molecule has 1 aliphatic heterocycles. The van der Waals surface area contributed by atoms with Gasteiger partial charge in [0.25, 0.3) is 0 Å². The first-order valence-corrected chi connectivity index (χ1v) is 9.23. The molecule has 5 heteroatoms. The molecule has 0 amide bonds. The predicted octanol–water partition coefficient (Wildman–Crippen LogP) is 5.58. The topological polar surface area (TPSA) is 59.0 Å². The predicted molar refractivity (Wildman–Crippen MR) is 105 cm³/mol. The molecule has 122 valence electrons. The van der Waals surface area contributed by atoms with Crippen LogP contribution in [-0.4, -0.2) is 0 Å². The number of ether oxygens (including phenoxy) is 1. The van der Waals surface area contributed by atoms with Crippen molar-refractivity contribution in [2.24, 2.45) is 5.73 Å². The van der Waals surface area contributed by atoms with Crippen LogP contribution in [0.4, 0.5) is 0 Å². The maximum atomic E-state index is 9.72. The van der Waals surface area contributed by atoms with Crippen LogP contribution in [0, 0.1) is 11.3 Å². The number of rotatable bonds is 1. The lowest BCUT2D eigenvalue weighted by atomic mass is 9.81. The molecule has 2 N–H and O–H groups in total. The van der Waals surface area contributed by atoms with Gasteiger partial charge >= 0.3 is 0 Å². The van der Waals surface area contributed by atoms with Crippen molar-refractivity contribution >= 4 is 42.6 Å². The molecule has 0 radical (unpaired) electrons. The summed E-state index contributed by atoms with van der Waals surface area (Å²) in [6.07, 6.45) is 0. The van der Waals surface area contributed by atoms with E-state index in [1.54, 1.807) is 0 Å². The van der Waals surface area contributed by atoms with Gasteiger partial charge in [0.05, 0.1) is 10.4 Å². The molecule has 4 rings (SSSR count). The fourth-order valence-electron chi connectivity index (χ4n) is 3.29. The Hall–Kier alpha value is -2.29. The lowest BCUT2D eigenvalue weighted by Gasteiger charge is -2.28. The Morgan fingerprint density at radius 3 is 2.52 bits per heavy atom. The quantitative estimate of drug-likeness (QED) is 0.520. The van der Waals surface area contributed by atoms with E-state index in [2.05, 4.69) is 44.0 Å². The van der Waals surface area contributed by atoms with Crippen LogP contribution in [-0.2, 0) is 0 Å². The van der Waals surface area contributed by atoms with Crippen LogP contribution in [0.1, 0.15) is 17.0 Å². The van der Waals surface area contributed by atoms with Gasteiger partial charge in [0.2, 0.25) is 5.88 Å². The zero-order valence-electron chi connectivity index (χ0n) is 13.0. The van der Waals surface area contributed by atoms with E-state index in [-0.39, 0.29) is 11.8 Å². The van der Waals surface area contributed by atoms with Crippen molar-refractivity contribution in [3.05, 3.63) is 86.1 Å². The highest BCUT2D eigenvalue weighted by Crippen LogP contribution is 2.49. The highest BCUT2D eigenvalue weighted by molar-refractivity contribution is 9.10. The molecule has 25 heavy (non-hydrogen) atoms. The second-order valence-corrected chi connectivity index (χ2v) is 7.57. The molecular weight excluding hydrogens is 444 g/mol. The molecular formula is C20H12Br2N2O. The SMILES string of the molecule is N#CC1=C(N)Oc2c(Br)cc3cc(Br)ccc3c2[C@@H]1c1ccccc1. The molecule has 0 bridgehead atoms. The highest BCUT2D eigenvalue weighted by Gasteiger charge is 2.33. The molecule has 1 heterocycles. The molecule has 1 atom stereocenters. The van der Waals surface area contributed by atoms with E-state index in [0.29, 0.717) is 11.3 Å². The van der Waals surface area contributed by atoms with Gasteiger partial charge in [-0.05, 0) is 50.5 Å². The molecule has 0 aromatic heterocycles. The summed E-state index contributed by atoms with van der Waals surface area (Å²) in [5, 5.41) is 11.8. The van der Waals surface area contributed by atoms with Crippen molar-refractivity contribution in [2.45, 2.75) is 5.92 Å². The van der Waals surface area contributed by atoms with E-state index in [0.717, 1.165) is 30.8 Å². The van der Waals surface area contributed by atoms with Crippen molar-refractivity contribution in [2.75, 3.05) is 0 Å². The van der Waals surface area contributed by atoms with Gasteiger partial charge in [-0.3, -0.25) is 0 Å². The van der Waals surface area contributed by atoms with Gasteiger partial charge in [0.15, 0.2) is 0 Å². The van der Waals surface area contributed by atoms with Gasteiger partial charge < -0.3 is 10.5 Å². The third-order valence-electron chi connectivity index (χ3n) is 4.36. The zero-order chi connectivity index (χ0) is 17.6. The lowest BCUT2D eigenvalue weighted by molar-refractivity contribution is 0.392. The Bertz CT molecular complexity index is 1070. The van der Waals surface area contributed by atoms with E-state index < -0.39 is 0 Å². The smallest absolute Gasteiger partial charge is 0.205 e. The van der Waals surface area contributed by atoms with Crippen LogP contribution in [0.3, 0.4) is 0 Å². The fraction of sp³-hybridized carbons (Fsp3) is 0.0500. The van der Waals surface area contributed by atoms with Crippen molar-refractivity contribution in [3.63, 3.8) is 0 Å². The van der Waals surface area contributed by atoms with E-state index >= 15 is 0 Å². The Labute approximate surface area is 162 Å². The number of halogens is 2. The summed E-state index contributed by atoms with van der Waals surface area (Å²) in [6.45, 7) is 0. The summed E-state index contributed by atoms with van der Waals surface area (Å²) >= 11 is 7.12. The number of benzene rings is 3. The summed E-state index contributed by atoms with van der Waals surface area (Å²) in [4.78, 5) is 0. The molecule has 0 unspecified atom stereocenters. The Kier molecular flexibility index (Phi) is 4.03. The first-order valence-electron chi connectivity index (χ1n) is 7.64. The van der Waals surface area contributed by atoms with Crippen molar-refractivity contribution < 1.29 is 4.74 Å². The fourth-order valence-corrected chi connectivity index (χ4v) is 4.21. The van der Waals surface area contributed by atoms with Crippen LogP contribution in [0.15, 0.2) is 75.0 Å². The molecule has 0 aliphatic carbocycles. The summed E-state index contributed by atoms with van der Waals surface area (Å²) in [5.41, 5.74) is 8.47. The zero-order valence-corrected chi connectivity index (χ0v) is 16.1. The molecule has 3 aromatic rings. The highest BCUT2D eigenvalue weighted by atomic mass is 79.9. The van der Waals surface area contributed by atoms with Crippen molar-refractivity contribution in [1.29, 1.82) is 5.26 Å². The van der Waals surface area contributed by atoms with Gasteiger partial charge in [0, 0.05) is 10.0 Å². The number of hydrogen-bond acceptors (Lipinski definition) is 3. The monoisotopic (exact) mass is 454 g/mol. The molecule has 0 saturated heterocycles. The van der Waals surface area contributed by atoms with Crippen LogP contribution in [0.25, 0.3) is 10.8 Å². The third-order valence-corrected chi connectivity index (χ3v) is 5.44. The summed E-state index contributed by atoms with van der Waals surface area (Å²) < 4.78 is 7.64. The molecule has 0 fully saturated rings. The van der Waals surface area contributed by atoms with E-state index in [4.69, 9.17) is 10.5 Å². The number of nitrogens with two attached hydrogens (primary N) is 1. The maximum Gasteiger partial charge on any atom is 0.205 e. The molecule has 0 spiro atoms. The maximum absolute atomic E-state index is 9.72. The minimum Gasteiger partial charge on any atom is -0.439 e. The van der Waals surface area contributed by atoms with E-state index in [1.165, 1.54) is 0 Å². The van der Waals surface area contributed by atoms with E-state index in [9.17, 15) is 5.26 Å². The van der Waals surface area contributed by atoms with Gasteiger partial charge in [-0.25, -0.2) is 0 Å². The number of nitrogens with zero attached hydrogens (tertiary/aromatic N) is 1. The van der Waals surface area contributed by atoms with Crippen LogP contribution in [0.2, 0.25) is 0 Å². The van der Waals surface area contributed by atoms with Crippen molar-refractivity contribution in [3.8, 4) is 11.8 Å². The largest absolute Gasteiger partial charge is 0.439 e. The Balaban J connectivity index is 2.11. The number of fused-ring (bicyclic) bond motifs is 3.